The van der Waals surface area contributed by atoms with Gasteiger partial charge in [0.2, 0.25) is 0 Å². The first-order valence-corrected chi connectivity index (χ1v) is 15.2. The first-order valence-electron chi connectivity index (χ1n) is 13.7. The highest BCUT2D eigenvalue weighted by atomic mass is 31.2. The number of phosphoric ester groups is 1. The summed E-state index contributed by atoms with van der Waals surface area (Å²) >= 11 is 0. The highest BCUT2D eigenvalue weighted by Gasteiger charge is 2.26. The minimum absolute atomic E-state index is 0.0314. The smallest absolute Gasteiger partial charge is 0.462 e. The molecule has 0 bridgehead atoms. The van der Waals surface area contributed by atoms with Crippen LogP contribution in [0.5, 0.6) is 0 Å². The summed E-state index contributed by atoms with van der Waals surface area (Å²) in [6, 6.07) is 0. The number of carbonyl (C=O) groups is 2. The Balaban J connectivity index is 3.95. The van der Waals surface area contributed by atoms with Crippen molar-refractivity contribution in [3.05, 3.63) is 0 Å². The molecule has 0 aliphatic carbocycles. The van der Waals surface area contributed by atoms with Crippen LogP contribution in [0.2, 0.25) is 0 Å². The molecule has 36 heavy (non-hydrogen) atoms. The maximum Gasteiger partial charge on any atom is 0.472 e. The molecule has 0 aromatic heterocycles. The lowest BCUT2D eigenvalue weighted by Gasteiger charge is -2.24. The predicted molar refractivity (Wildman–Crippen MR) is 141 cm³/mol. The molecule has 2 atom stereocenters. The van der Waals surface area contributed by atoms with Gasteiger partial charge in [-0.15, -0.1) is 0 Å². The van der Waals surface area contributed by atoms with Crippen LogP contribution in [-0.2, 0) is 32.7 Å². The Bertz CT molecular complexity index is 624. The second kappa shape index (κ2) is 21.0. The van der Waals surface area contributed by atoms with Crippen molar-refractivity contribution in [1.82, 2.24) is 0 Å². The van der Waals surface area contributed by atoms with E-state index < -0.39 is 26.5 Å². The average Bonchev–Trinajstić information content (AvgIpc) is 2.77. The van der Waals surface area contributed by atoms with Gasteiger partial charge in [-0.3, -0.25) is 18.6 Å². The average molecular weight is 541 g/mol. The third-order valence-electron chi connectivity index (χ3n) is 5.69. The lowest BCUT2D eigenvalue weighted by Crippen LogP contribution is -2.37. The topological polar surface area (TPSA) is 108 Å². The molecule has 9 nitrogen and oxygen atoms in total. The van der Waals surface area contributed by atoms with Crippen molar-refractivity contribution in [2.24, 2.45) is 0 Å². The van der Waals surface area contributed by atoms with Gasteiger partial charge in [0.1, 0.15) is 19.8 Å². The second-order valence-corrected chi connectivity index (χ2v) is 12.0. The molecule has 0 aliphatic heterocycles. The van der Waals surface area contributed by atoms with Crippen LogP contribution >= 0.6 is 7.82 Å². The van der Waals surface area contributed by atoms with Gasteiger partial charge in [0, 0.05) is 13.3 Å². The normalized spacial score (nSPS) is 14.3. The van der Waals surface area contributed by atoms with Gasteiger partial charge in [-0.1, -0.05) is 84.0 Å². The maximum absolute atomic E-state index is 12.0. The third-order valence-corrected chi connectivity index (χ3v) is 6.67. The molecule has 0 heterocycles. The van der Waals surface area contributed by atoms with E-state index >= 15 is 0 Å². The first-order chi connectivity index (χ1) is 16.9. The number of hydrogen-bond acceptors (Lipinski definition) is 7. The number of carbonyl (C=O) groups excluding carboxylic acids is 2. The summed E-state index contributed by atoms with van der Waals surface area (Å²) in [5.41, 5.74) is 0. The summed E-state index contributed by atoms with van der Waals surface area (Å²) in [4.78, 5) is 33.2. The standard InChI is InChI=1S/C26H52NO8P/c1-6-7-8-9-10-11-12-13-14-15-16-17-18-19-26(29)32-22-25(35-24(2)28)23-34-36(30,31)33-21-20-27(3,4)5/h25H,6-23H2,1-5H3/p+1/t25-/m1/s1/i26+2. The number of unbranched alkanes of at least 4 members (excludes halogenated alkanes) is 12. The van der Waals surface area contributed by atoms with Crippen molar-refractivity contribution in [3.63, 3.8) is 0 Å². The van der Waals surface area contributed by atoms with Crippen LogP contribution in [0.15, 0.2) is 0 Å². The van der Waals surface area contributed by atoms with E-state index in [1.165, 1.54) is 71.1 Å². The van der Waals surface area contributed by atoms with Crippen LogP contribution in [-0.4, -0.2) is 74.9 Å². The van der Waals surface area contributed by atoms with Gasteiger partial charge in [-0.05, 0) is 6.42 Å². The van der Waals surface area contributed by atoms with Crippen LogP contribution in [0.1, 0.15) is 104 Å². The molecule has 214 valence electrons. The van der Waals surface area contributed by atoms with Gasteiger partial charge in [-0.2, -0.15) is 0 Å². The maximum atomic E-state index is 12.0. The van der Waals surface area contributed by atoms with E-state index in [2.05, 4.69) is 6.92 Å². The zero-order valence-corrected chi connectivity index (χ0v) is 24.4. The summed E-state index contributed by atoms with van der Waals surface area (Å²) in [7, 11) is 1.47. The molecule has 0 saturated carbocycles. The van der Waals surface area contributed by atoms with Gasteiger partial charge < -0.3 is 18.9 Å². The van der Waals surface area contributed by atoms with Crippen LogP contribution < -0.4 is 0 Å². The molecule has 1 N–H and O–H groups in total. The van der Waals surface area contributed by atoms with Gasteiger partial charge in [0.15, 0.2) is 6.10 Å². The highest BCUT2D eigenvalue weighted by Crippen LogP contribution is 2.43. The lowest BCUT2D eigenvalue weighted by atomic mass is 10.0. The summed E-state index contributed by atoms with van der Waals surface area (Å²) < 4.78 is 32.7. The molecule has 0 radical (unpaired) electrons. The second-order valence-electron chi connectivity index (χ2n) is 10.5. The van der Waals surface area contributed by atoms with Crippen LogP contribution in [0.3, 0.4) is 0 Å². The first kappa shape index (κ1) is 35.0. The number of likely N-dealkylation sites (N-methyl/N-ethyl adjacent to an activating group) is 1. The Kier molecular flexibility index (Phi) is 20.4. The zero-order valence-electron chi connectivity index (χ0n) is 23.5. The van der Waals surface area contributed by atoms with Gasteiger partial charge in [0.25, 0.3) is 0 Å². The SMILES string of the molecule is CCCCCCCCCCCCCCC[14C](=O)OC[C@H](COP(=O)(O)OCC[N+](C)(C)C)OC(C)=O. The third kappa shape index (κ3) is 24.7. The van der Waals surface area contributed by atoms with E-state index in [-0.39, 0.29) is 25.6 Å². The van der Waals surface area contributed by atoms with E-state index in [0.29, 0.717) is 11.0 Å². The van der Waals surface area contributed by atoms with Gasteiger partial charge >= 0.3 is 19.8 Å². The highest BCUT2D eigenvalue weighted by molar-refractivity contribution is 7.47. The molecule has 0 aliphatic rings. The Labute approximate surface area is 219 Å². The van der Waals surface area contributed by atoms with Crippen molar-refractivity contribution >= 4 is 19.8 Å². The van der Waals surface area contributed by atoms with Crippen molar-refractivity contribution in [2.45, 2.75) is 110 Å². The predicted octanol–water partition coefficient (Wildman–Crippen LogP) is 5.78. The Hall–Kier alpha value is -0.990. The number of nitrogens with zero attached hydrogens (tertiary/aromatic N) is 1. The summed E-state index contributed by atoms with van der Waals surface area (Å²) in [5, 5.41) is 0. The molecular formula is C26H53NO8P+. The molecule has 1 unspecified atom stereocenters. The summed E-state index contributed by atoms with van der Waals surface area (Å²) in [6.45, 7) is 3.34. The monoisotopic (exact) mass is 540 g/mol. The largest absolute Gasteiger partial charge is 0.472 e. The number of hydrogen-bond donors (Lipinski definition) is 1. The molecule has 0 aromatic carbocycles. The van der Waals surface area contributed by atoms with Crippen LogP contribution in [0, 0.1) is 0 Å². The number of esters is 2. The zero-order chi connectivity index (χ0) is 27.3. The Morgan fingerprint density at radius 2 is 1.36 bits per heavy atom. The fourth-order valence-corrected chi connectivity index (χ4v) is 4.28. The lowest BCUT2D eigenvalue weighted by molar-refractivity contribution is -0.870. The molecule has 0 spiro atoms. The number of quaternary nitrogens is 1. The van der Waals surface area contributed by atoms with Crippen molar-refractivity contribution < 1.29 is 42.1 Å². The molecular weight excluding hydrogens is 487 g/mol. The van der Waals surface area contributed by atoms with E-state index in [1.807, 2.05) is 21.1 Å². The van der Waals surface area contributed by atoms with Crippen molar-refractivity contribution in [1.29, 1.82) is 0 Å². The summed E-state index contributed by atoms with van der Waals surface area (Å²) in [6.07, 6.45) is 15.3. The molecule has 0 rings (SSSR count). The Morgan fingerprint density at radius 3 is 1.83 bits per heavy atom. The number of ether oxygens (including phenoxy) is 2. The summed E-state index contributed by atoms with van der Waals surface area (Å²) in [5.74, 6) is -0.989. The quantitative estimate of drug-likeness (QED) is 0.0710. The molecule has 0 saturated heterocycles. The van der Waals surface area contributed by atoms with E-state index in [1.54, 1.807) is 0 Å². The van der Waals surface area contributed by atoms with E-state index in [4.69, 9.17) is 18.5 Å². The van der Waals surface area contributed by atoms with Gasteiger partial charge in [0.05, 0.1) is 27.7 Å². The Morgan fingerprint density at radius 1 is 0.861 bits per heavy atom. The number of rotatable bonds is 24. The minimum atomic E-state index is -4.31. The molecule has 0 amide bonds. The van der Waals surface area contributed by atoms with Gasteiger partial charge in [-0.25, -0.2) is 4.57 Å². The fourth-order valence-electron chi connectivity index (χ4n) is 3.54. The van der Waals surface area contributed by atoms with Crippen molar-refractivity contribution in [3.8, 4) is 0 Å². The van der Waals surface area contributed by atoms with E-state index in [0.717, 1.165) is 19.3 Å². The van der Waals surface area contributed by atoms with E-state index in [9.17, 15) is 19.0 Å². The molecule has 10 heteroatoms. The van der Waals surface area contributed by atoms with Crippen molar-refractivity contribution in [2.75, 3.05) is 47.5 Å². The van der Waals surface area contributed by atoms with Crippen LogP contribution in [0.25, 0.3) is 0 Å². The minimum Gasteiger partial charge on any atom is -0.462 e. The molecule has 0 aromatic rings. The van der Waals surface area contributed by atoms with Crippen LogP contribution in [0.4, 0.5) is 0 Å². The fraction of sp³-hybridized carbons (Fsp3) is 0.923. The number of phosphoric acid groups is 1. The molecule has 0 fully saturated rings.